The van der Waals surface area contributed by atoms with E-state index in [2.05, 4.69) is 174 Å². The van der Waals surface area contributed by atoms with Crippen LogP contribution in [0.4, 0.5) is 0 Å². The highest BCUT2D eigenvalue weighted by Gasteiger charge is 2.19. The van der Waals surface area contributed by atoms with E-state index in [-0.39, 0.29) is 0 Å². The topological polar surface area (TPSA) is 17.8 Å². The molecule has 2 heteroatoms. The highest BCUT2D eigenvalue weighted by molar-refractivity contribution is 6.24. The molecule has 0 unspecified atom stereocenters. The summed E-state index contributed by atoms with van der Waals surface area (Å²) in [5, 5.41) is 11.1. The minimum Gasteiger partial charge on any atom is -0.308 e. The SMILES string of the molecule is c1ccc(-c2cc3c(ccc4ccc(-n5c6c7ccccc7ccc6c6ccc7ccccc7c65)cc43)nc2-c2ccccc2)cc1. The quantitative estimate of drug-likeness (QED) is 0.186. The second kappa shape index (κ2) is 10.1. The maximum absolute atomic E-state index is 5.34. The lowest BCUT2D eigenvalue weighted by atomic mass is 9.95. The summed E-state index contributed by atoms with van der Waals surface area (Å²) in [6, 6.07) is 61.4. The van der Waals surface area contributed by atoms with Crippen LogP contribution in [0.2, 0.25) is 0 Å². The number of hydrogen-bond acceptors (Lipinski definition) is 1. The van der Waals surface area contributed by atoms with Crippen molar-refractivity contribution in [3.63, 3.8) is 0 Å². The first-order valence-corrected chi connectivity index (χ1v) is 16.1. The second-order valence-corrected chi connectivity index (χ2v) is 12.4. The van der Waals surface area contributed by atoms with Gasteiger partial charge in [0.2, 0.25) is 0 Å². The Morgan fingerprint density at radius 1 is 0.362 bits per heavy atom. The average Bonchev–Trinajstić information content (AvgIpc) is 3.50. The van der Waals surface area contributed by atoms with Crippen LogP contribution in [0.5, 0.6) is 0 Å². The molecule has 0 radical (unpaired) electrons. The van der Waals surface area contributed by atoms with Crippen LogP contribution in [0.1, 0.15) is 0 Å². The predicted octanol–water partition coefficient (Wildman–Crippen LogP) is 12.1. The van der Waals surface area contributed by atoms with Crippen LogP contribution in [0.15, 0.2) is 170 Å². The lowest BCUT2D eigenvalue weighted by molar-refractivity contribution is 1.20. The molecular weight excluding hydrogens is 569 g/mol. The monoisotopic (exact) mass is 596 g/mol. The molecule has 0 atom stereocenters. The Morgan fingerprint density at radius 3 is 1.55 bits per heavy atom. The third-order valence-corrected chi connectivity index (χ3v) is 9.73. The molecule has 0 aliphatic heterocycles. The van der Waals surface area contributed by atoms with E-state index in [1.807, 2.05) is 0 Å². The molecule has 2 aromatic heterocycles. The normalized spacial score (nSPS) is 11.8. The zero-order valence-corrected chi connectivity index (χ0v) is 25.6. The standard InChI is InChI=1S/C45H28N2/c1-3-11-29(12-4-1)40-28-41-39-27-34(23-19-32(39)22-26-42(41)46-43(40)33-15-5-2-6-16-33)47-44-35-17-9-7-13-30(35)20-24-37(44)38-25-21-31-14-8-10-18-36(31)45(38)47/h1-28H. The summed E-state index contributed by atoms with van der Waals surface area (Å²) in [5.41, 5.74) is 9.03. The first-order chi connectivity index (χ1) is 23.3. The number of hydrogen-bond donors (Lipinski definition) is 0. The summed E-state index contributed by atoms with van der Waals surface area (Å²) in [4.78, 5) is 5.34. The highest BCUT2D eigenvalue weighted by atomic mass is 15.0. The van der Waals surface area contributed by atoms with Crippen molar-refractivity contribution in [1.29, 1.82) is 0 Å². The zero-order chi connectivity index (χ0) is 30.9. The summed E-state index contributed by atoms with van der Waals surface area (Å²) >= 11 is 0. The molecule has 0 saturated carbocycles. The van der Waals surface area contributed by atoms with Gasteiger partial charge in [0.05, 0.1) is 22.2 Å². The van der Waals surface area contributed by atoms with Crippen molar-refractivity contribution in [3.8, 4) is 28.1 Å². The van der Waals surface area contributed by atoms with Gasteiger partial charge in [-0.2, -0.15) is 0 Å². The van der Waals surface area contributed by atoms with Crippen molar-refractivity contribution in [1.82, 2.24) is 9.55 Å². The summed E-state index contributed by atoms with van der Waals surface area (Å²) in [5.74, 6) is 0. The van der Waals surface area contributed by atoms with E-state index in [0.29, 0.717) is 0 Å². The molecule has 0 spiro atoms. The molecule has 0 aliphatic carbocycles. The summed E-state index contributed by atoms with van der Waals surface area (Å²) in [7, 11) is 0. The summed E-state index contributed by atoms with van der Waals surface area (Å²) < 4.78 is 2.50. The van der Waals surface area contributed by atoms with Gasteiger partial charge < -0.3 is 4.57 Å². The van der Waals surface area contributed by atoms with E-state index in [0.717, 1.165) is 39.0 Å². The van der Waals surface area contributed by atoms with Gasteiger partial charge in [0.1, 0.15) is 0 Å². The van der Waals surface area contributed by atoms with Gasteiger partial charge in [-0.3, -0.25) is 0 Å². The number of pyridine rings is 1. The number of benzene rings is 8. The molecule has 0 N–H and O–H groups in total. The van der Waals surface area contributed by atoms with Gasteiger partial charge in [-0.15, -0.1) is 0 Å². The summed E-state index contributed by atoms with van der Waals surface area (Å²) in [6.07, 6.45) is 0. The van der Waals surface area contributed by atoms with E-state index < -0.39 is 0 Å². The lowest BCUT2D eigenvalue weighted by Crippen LogP contribution is -1.96. The van der Waals surface area contributed by atoms with Crippen molar-refractivity contribution < 1.29 is 0 Å². The van der Waals surface area contributed by atoms with Crippen LogP contribution in [0.25, 0.3) is 93.1 Å². The third kappa shape index (κ3) is 3.95. The van der Waals surface area contributed by atoms with Crippen molar-refractivity contribution in [2.75, 3.05) is 0 Å². The fraction of sp³-hybridized carbons (Fsp3) is 0. The molecule has 0 bridgehead atoms. The second-order valence-electron chi connectivity index (χ2n) is 12.4. The van der Waals surface area contributed by atoms with Gasteiger partial charge in [-0.1, -0.05) is 146 Å². The Morgan fingerprint density at radius 2 is 0.894 bits per heavy atom. The van der Waals surface area contributed by atoms with Gasteiger partial charge in [0, 0.05) is 43.7 Å². The molecule has 8 aromatic carbocycles. The Bertz CT molecular complexity index is 2740. The number of fused-ring (bicyclic) bond motifs is 10. The van der Waals surface area contributed by atoms with Gasteiger partial charge in [0.15, 0.2) is 0 Å². The van der Waals surface area contributed by atoms with Crippen LogP contribution in [0.3, 0.4) is 0 Å². The summed E-state index contributed by atoms with van der Waals surface area (Å²) in [6.45, 7) is 0. The number of aromatic nitrogens is 2. The van der Waals surface area contributed by atoms with E-state index in [9.17, 15) is 0 Å². The van der Waals surface area contributed by atoms with Crippen LogP contribution in [0, 0.1) is 0 Å². The predicted molar refractivity (Wildman–Crippen MR) is 199 cm³/mol. The van der Waals surface area contributed by atoms with Gasteiger partial charge in [0.25, 0.3) is 0 Å². The smallest absolute Gasteiger partial charge is 0.0788 e. The van der Waals surface area contributed by atoms with Crippen LogP contribution in [-0.4, -0.2) is 9.55 Å². The van der Waals surface area contributed by atoms with Crippen molar-refractivity contribution in [3.05, 3.63) is 170 Å². The molecule has 0 saturated heterocycles. The molecule has 0 aliphatic rings. The first kappa shape index (κ1) is 26.0. The van der Waals surface area contributed by atoms with E-state index in [1.165, 1.54) is 54.1 Å². The van der Waals surface area contributed by atoms with Gasteiger partial charge in [-0.25, -0.2) is 4.98 Å². The van der Waals surface area contributed by atoms with E-state index in [1.54, 1.807) is 0 Å². The molecule has 2 nitrogen and oxygen atoms in total. The fourth-order valence-corrected chi connectivity index (χ4v) is 7.55. The maximum Gasteiger partial charge on any atom is 0.0788 e. The molecule has 218 valence electrons. The molecular formula is C45H28N2. The molecule has 47 heavy (non-hydrogen) atoms. The van der Waals surface area contributed by atoms with Crippen LogP contribution >= 0.6 is 0 Å². The Balaban J connectivity index is 1.33. The highest BCUT2D eigenvalue weighted by Crippen LogP contribution is 2.41. The zero-order valence-electron chi connectivity index (χ0n) is 25.6. The molecule has 0 fully saturated rings. The van der Waals surface area contributed by atoms with Crippen molar-refractivity contribution in [2.24, 2.45) is 0 Å². The number of rotatable bonds is 3. The third-order valence-electron chi connectivity index (χ3n) is 9.73. The molecule has 0 amide bonds. The number of nitrogens with zero attached hydrogens (tertiary/aromatic N) is 2. The van der Waals surface area contributed by atoms with Gasteiger partial charge in [-0.05, 0) is 51.4 Å². The first-order valence-electron chi connectivity index (χ1n) is 16.1. The van der Waals surface area contributed by atoms with Gasteiger partial charge >= 0.3 is 0 Å². The van der Waals surface area contributed by atoms with Crippen molar-refractivity contribution >= 4 is 65.0 Å². The Kier molecular flexibility index (Phi) is 5.61. The lowest BCUT2D eigenvalue weighted by Gasteiger charge is -2.15. The maximum atomic E-state index is 5.34. The minimum atomic E-state index is 0.992. The fourth-order valence-electron chi connectivity index (χ4n) is 7.55. The van der Waals surface area contributed by atoms with E-state index >= 15 is 0 Å². The largest absolute Gasteiger partial charge is 0.308 e. The van der Waals surface area contributed by atoms with Crippen molar-refractivity contribution in [2.45, 2.75) is 0 Å². The molecule has 10 aromatic rings. The average molecular weight is 597 g/mol. The molecule has 10 rings (SSSR count). The minimum absolute atomic E-state index is 0.992. The van der Waals surface area contributed by atoms with Crippen LogP contribution in [-0.2, 0) is 0 Å². The molecule has 2 heterocycles. The van der Waals surface area contributed by atoms with E-state index in [4.69, 9.17) is 4.98 Å². The Hall–Kier alpha value is -6.25. The van der Waals surface area contributed by atoms with Crippen LogP contribution < -0.4 is 0 Å². The Labute approximate surface area is 271 Å².